The van der Waals surface area contributed by atoms with E-state index in [1.165, 1.54) is 0 Å². The van der Waals surface area contributed by atoms with Crippen LogP contribution < -0.4 is 5.32 Å². The van der Waals surface area contributed by atoms with Gasteiger partial charge in [-0.3, -0.25) is 9.59 Å². The molecule has 0 radical (unpaired) electrons. The molecule has 0 atom stereocenters. The number of rotatable bonds is 5. The number of halogens is 1. The summed E-state index contributed by atoms with van der Waals surface area (Å²) in [6, 6.07) is 7.11. The van der Waals surface area contributed by atoms with Crippen molar-refractivity contribution >= 4 is 29.6 Å². The molecule has 1 saturated heterocycles. The van der Waals surface area contributed by atoms with Crippen molar-refractivity contribution in [2.24, 2.45) is 5.92 Å². The van der Waals surface area contributed by atoms with Crippen LogP contribution >= 0.6 is 11.6 Å². The van der Waals surface area contributed by atoms with Gasteiger partial charge in [-0.25, -0.2) is 4.79 Å². The number of hydrogen-bond acceptors (Lipinski definition) is 5. The van der Waals surface area contributed by atoms with Gasteiger partial charge in [0.25, 0.3) is 5.91 Å². The van der Waals surface area contributed by atoms with Crippen LogP contribution in [0.5, 0.6) is 0 Å². The second-order valence-corrected chi connectivity index (χ2v) is 8.19. The van der Waals surface area contributed by atoms with E-state index in [1.54, 1.807) is 17.0 Å². The number of amides is 2. The predicted octanol–water partition coefficient (Wildman–Crippen LogP) is 3.15. The number of carbonyl (C=O) groups is 3. The van der Waals surface area contributed by atoms with E-state index in [0.29, 0.717) is 37.5 Å². The Kier molecular flexibility index (Phi) is 7.69. The van der Waals surface area contributed by atoms with Crippen LogP contribution in [0.2, 0.25) is 5.02 Å². The van der Waals surface area contributed by atoms with Crippen LogP contribution in [0.3, 0.4) is 0 Å². The molecule has 1 N–H and O–H groups in total. The highest BCUT2D eigenvalue weighted by atomic mass is 35.5. The van der Waals surface area contributed by atoms with E-state index in [1.807, 2.05) is 32.9 Å². The van der Waals surface area contributed by atoms with Crippen LogP contribution in [0, 0.1) is 5.92 Å². The van der Waals surface area contributed by atoms with Gasteiger partial charge in [0, 0.05) is 24.7 Å². The van der Waals surface area contributed by atoms with Crippen LogP contribution in [0.1, 0.15) is 39.2 Å². The van der Waals surface area contributed by atoms with Crippen molar-refractivity contribution in [1.82, 2.24) is 10.2 Å². The summed E-state index contributed by atoms with van der Waals surface area (Å²) in [5.41, 5.74) is 0.352. The summed E-state index contributed by atoms with van der Waals surface area (Å²) in [4.78, 5) is 37.7. The first-order valence-electron chi connectivity index (χ1n) is 9.30. The van der Waals surface area contributed by atoms with Crippen LogP contribution in [0.4, 0.5) is 4.79 Å². The summed E-state index contributed by atoms with van der Waals surface area (Å²) in [5.74, 6) is -1.09. The second kappa shape index (κ2) is 9.78. The van der Waals surface area contributed by atoms with E-state index >= 15 is 0 Å². The summed E-state index contributed by atoms with van der Waals surface area (Å²) in [6.45, 7) is 6.31. The molecule has 1 aromatic carbocycles. The van der Waals surface area contributed by atoms with Gasteiger partial charge in [-0.2, -0.15) is 0 Å². The molecule has 0 bridgehead atoms. The number of likely N-dealkylation sites (tertiary alicyclic amines) is 1. The van der Waals surface area contributed by atoms with Gasteiger partial charge in [-0.15, -0.1) is 0 Å². The summed E-state index contributed by atoms with van der Waals surface area (Å²) < 4.78 is 10.5. The molecule has 8 heteroatoms. The molecule has 28 heavy (non-hydrogen) atoms. The maximum Gasteiger partial charge on any atom is 0.410 e. The van der Waals surface area contributed by atoms with Crippen molar-refractivity contribution < 1.29 is 23.9 Å². The lowest BCUT2D eigenvalue weighted by Gasteiger charge is -2.32. The number of esters is 1. The number of nitrogens with one attached hydrogen (secondary N) is 1. The summed E-state index contributed by atoms with van der Waals surface area (Å²) in [6.07, 6.45) is 0.607. The molecule has 0 aliphatic carbocycles. The Bertz CT molecular complexity index is 692. The van der Waals surface area contributed by atoms with E-state index in [4.69, 9.17) is 21.1 Å². The maximum atomic E-state index is 12.2. The zero-order chi connectivity index (χ0) is 20.7. The van der Waals surface area contributed by atoms with Gasteiger partial charge in [-0.05, 0) is 51.3 Å². The minimum Gasteiger partial charge on any atom is -0.455 e. The third kappa shape index (κ3) is 7.38. The fourth-order valence-corrected chi connectivity index (χ4v) is 2.86. The first-order valence-corrected chi connectivity index (χ1v) is 9.67. The smallest absolute Gasteiger partial charge is 0.410 e. The second-order valence-electron chi connectivity index (χ2n) is 7.75. The Hall–Kier alpha value is -2.28. The number of carbonyl (C=O) groups excluding carboxylic acids is 3. The molecule has 2 amide bonds. The molecule has 0 aromatic heterocycles. The topological polar surface area (TPSA) is 84.9 Å². The lowest BCUT2D eigenvalue weighted by molar-refractivity contribution is -0.154. The van der Waals surface area contributed by atoms with Gasteiger partial charge in [0.05, 0.1) is 5.92 Å². The van der Waals surface area contributed by atoms with Crippen LogP contribution in [-0.2, 0) is 25.6 Å². The third-order valence-electron chi connectivity index (χ3n) is 4.23. The first-order chi connectivity index (χ1) is 13.1. The Balaban J connectivity index is 1.67. The van der Waals surface area contributed by atoms with Gasteiger partial charge in [0.1, 0.15) is 5.60 Å². The maximum absolute atomic E-state index is 12.2. The molecule has 0 spiro atoms. The lowest BCUT2D eigenvalue weighted by atomic mass is 9.97. The van der Waals surface area contributed by atoms with E-state index in [9.17, 15) is 14.4 Å². The molecule has 1 aromatic rings. The molecular weight excluding hydrogens is 384 g/mol. The average molecular weight is 411 g/mol. The number of nitrogens with zero attached hydrogens (tertiary/aromatic N) is 1. The largest absolute Gasteiger partial charge is 0.455 e. The minimum absolute atomic E-state index is 0.317. The fourth-order valence-electron chi connectivity index (χ4n) is 2.73. The Morgan fingerprint density at radius 1 is 1.14 bits per heavy atom. The van der Waals surface area contributed by atoms with Crippen LogP contribution in [0.25, 0.3) is 0 Å². The molecule has 1 fully saturated rings. The number of piperidine rings is 1. The van der Waals surface area contributed by atoms with Gasteiger partial charge in [-0.1, -0.05) is 23.7 Å². The Labute approximate surface area is 170 Å². The minimum atomic E-state index is -0.549. The summed E-state index contributed by atoms with van der Waals surface area (Å²) >= 11 is 5.81. The lowest BCUT2D eigenvalue weighted by Crippen LogP contribution is -2.43. The van der Waals surface area contributed by atoms with E-state index in [-0.39, 0.29) is 24.5 Å². The molecule has 1 heterocycles. The van der Waals surface area contributed by atoms with Crippen molar-refractivity contribution in [1.29, 1.82) is 0 Å². The van der Waals surface area contributed by atoms with Crippen molar-refractivity contribution in [2.45, 2.75) is 45.8 Å². The quantitative estimate of drug-likeness (QED) is 0.753. The van der Waals surface area contributed by atoms with Gasteiger partial charge in [0.15, 0.2) is 6.61 Å². The zero-order valence-electron chi connectivity index (χ0n) is 16.5. The SMILES string of the molecule is CC(C)(C)OC(=O)N1CCC(C(=O)OCC(=O)NCc2ccc(Cl)cc2)CC1. The van der Waals surface area contributed by atoms with E-state index in [2.05, 4.69) is 5.32 Å². The van der Waals surface area contributed by atoms with Crippen molar-refractivity contribution in [2.75, 3.05) is 19.7 Å². The normalized spacial score (nSPS) is 15.1. The molecule has 0 saturated carbocycles. The molecule has 2 rings (SSSR count). The third-order valence-corrected chi connectivity index (χ3v) is 4.48. The summed E-state index contributed by atoms with van der Waals surface area (Å²) in [5, 5.41) is 3.32. The standard InChI is InChI=1S/C20H27ClN2O5/c1-20(2,3)28-19(26)23-10-8-15(9-11-23)18(25)27-13-17(24)22-12-14-4-6-16(21)7-5-14/h4-7,15H,8-13H2,1-3H3,(H,22,24). The number of benzene rings is 1. The average Bonchev–Trinajstić information content (AvgIpc) is 2.64. The molecule has 154 valence electrons. The molecule has 1 aliphatic rings. The summed E-state index contributed by atoms with van der Waals surface area (Å²) in [7, 11) is 0. The molecule has 1 aliphatic heterocycles. The molecule has 7 nitrogen and oxygen atoms in total. The Morgan fingerprint density at radius 2 is 1.75 bits per heavy atom. The highest BCUT2D eigenvalue weighted by Gasteiger charge is 2.30. The fraction of sp³-hybridized carbons (Fsp3) is 0.550. The van der Waals surface area contributed by atoms with Crippen molar-refractivity contribution in [3.63, 3.8) is 0 Å². The monoisotopic (exact) mass is 410 g/mol. The number of ether oxygens (including phenoxy) is 2. The van der Waals surface area contributed by atoms with Crippen LogP contribution in [0.15, 0.2) is 24.3 Å². The highest BCUT2D eigenvalue weighted by Crippen LogP contribution is 2.20. The van der Waals surface area contributed by atoms with Gasteiger partial charge >= 0.3 is 12.1 Å². The van der Waals surface area contributed by atoms with Crippen molar-refractivity contribution in [3.05, 3.63) is 34.9 Å². The van der Waals surface area contributed by atoms with Crippen molar-refractivity contribution in [3.8, 4) is 0 Å². The zero-order valence-corrected chi connectivity index (χ0v) is 17.3. The molecule has 0 unspecified atom stereocenters. The van der Waals surface area contributed by atoms with E-state index in [0.717, 1.165) is 5.56 Å². The van der Waals surface area contributed by atoms with Gasteiger partial charge < -0.3 is 19.7 Å². The van der Waals surface area contributed by atoms with Crippen LogP contribution in [-0.4, -0.2) is 48.2 Å². The van der Waals surface area contributed by atoms with Gasteiger partial charge in [0.2, 0.25) is 0 Å². The Morgan fingerprint density at radius 3 is 2.32 bits per heavy atom. The first kappa shape index (κ1) is 22.0. The highest BCUT2D eigenvalue weighted by molar-refractivity contribution is 6.30. The van der Waals surface area contributed by atoms with E-state index < -0.39 is 11.6 Å². The predicted molar refractivity (Wildman–Crippen MR) is 105 cm³/mol. The molecular formula is C20H27ClN2O5. The number of hydrogen-bond donors (Lipinski definition) is 1.